The van der Waals surface area contributed by atoms with Crippen LogP contribution < -0.4 is 5.32 Å². The van der Waals surface area contributed by atoms with E-state index in [1.165, 1.54) is 16.0 Å². The molecule has 2 aromatic carbocycles. The summed E-state index contributed by atoms with van der Waals surface area (Å²) >= 11 is 0. The number of amides is 2. The Morgan fingerprint density at radius 2 is 1.54 bits per heavy atom. The van der Waals surface area contributed by atoms with Gasteiger partial charge in [-0.3, -0.25) is 9.59 Å². The van der Waals surface area contributed by atoms with Crippen molar-refractivity contribution in [2.24, 2.45) is 11.8 Å². The van der Waals surface area contributed by atoms with Gasteiger partial charge in [-0.2, -0.15) is 0 Å². The third-order valence-corrected chi connectivity index (χ3v) is 7.54. The van der Waals surface area contributed by atoms with Crippen molar-refractivity contribution in [1.82, 2.24) is 10.2 Å². The van der Waals surface area contributed by atoms with E-state index in [9.17, 15) is 19.5 Å². The number of fused-ring (bicyclic) bond motifs is 3. The van der Waals surface area contributed by atoms with Crippen LogP contribution >= 0.6 is 0 Å². The van der Waals surface area contributed by atoms with Crippen LogP contribution in [-0.2, 0) is 14.3 Å². The topological polar surface area (TPSA) is 95.9 Å². The van der Waals surface area contributed by atoms with E-state index >= 15 is 0 Å². The number of carboxylic acids is 1. The minimum absolute atomic E-state index is 0.0264. The Morgan fingerprint density at radius 1 is 0.914 bits per heavy atom. The summed E-state index contributed by atoms with van der Waals surface area (Å²) in [4.78, 5) is 39.0. The summed E-state index contributed by atoms with van der Waals surface area (Å²) in [6.45, 7) is 0.417. The quantitative estimate of drug-likeness (QED) is 0.589. The number of nitrogens with one attached hydrogen (secondary N) is 1. The van der Waals surface area contributed by atoms with E-state index < -0.39 is 18.0 Å². The number of carboxylic acid groups (broad SMARTS) is 1. The van der Waals surface area contributed by atoms with Crippen LogP contribution in [0, 0.1) is 11.8 Å². The van der Waals surface area contributed by atoms with Crippen molar-refractivity contribution in [1.29, 1.82) is 0 Å². The molecule has 0 unspecified atom stereocenters. The van der Waals surface area contributed by atoms with Crippen LogP contribution in [0.2, 0.25) is 0 Å². The summed E-state index contributed by atoms with van der Waals surface area (Å²) in [6.07, 6.45) is 4.69. The maximum atomic E-state index is 13.3. The number of carbonyl (C=O) groups is 3. The van der Waals surface area contributed by atoms with E-state index in [2.05, 4.69) is 29.6 Å². The van der Waals surface area contributed by atoms with Gasteiger partial charge in [0.25, 0.3) is 0 Å². The molecule has 2 amide bonds. The SMILES string of the molecule is O=C(O)CN(CC1CC1)C(=O)[C@H]1CCCC[C@H]1NC(=O)OCC1c2ccccc2-c2ccccc21. The lowest BCUT2D eigenvalue weighted by Gasteiger charge is -2.34. The van der Waals surface area contributed by atoms with Gasteiger partial charge in [-0.25, -0.2) is 4.79 Å². The van der Waals surface area contributed by atoms with Gasteiger partial charge in [0.05, 0.1) is 5.92 Å². The van der Waals surface area contributed by atoms with E-state index in [1.54, 1.807) is 0 Å². The predicted molar refractivity (Wildman–Crippen MR) is 131 cm³/mol. The lowest BCUT2D eigenvalue weighted by Crippen LogP contribution is -2.51. The highest BCUT2D eigenvalue weighted by molar-refractivity contribution is 5.84. The molecule has 0 spiro atoms. The Labute approximate surface area is 205 Å². The number of nitrogens with zero attached hydrogens (tertiary/aromatic N) is 1. The van der Waals surface area contributed by atoms with Crippen LogP contribution in [0.25, 0.3) is 11.1 Å². The number of benzene rings is 2. The zero-order valence-corrected chi connectivity index (χ0v) is 19.8. The molecule has 0 saturated heterocycles. The van der Waals surface area contributed by atoms with Gasteiger partial charge in [0.15, 0.2) is 0 Å². The van der Waals surface area contributed by atoms with Gasteiger partial charge in [-0.1, -0.05) is 61.4 Å². The van der Waals surface area contributed by atoms with Gasteiger partial charge in [-0.15, -0.1) is 0 Å². The maximum Gasteiger partial charge on any atom is 0.407 e. The molecule has 184 valence electrons. The summed E-state index contributed by atoms with van der Waals surface area (Å²) in [5, 5.41) is 12.2. The van der Waals surface area contributed by atoms with Gasteiger partial charge in [0, 0.05) is 18.5 Å². The zero-order valence-electron chi connectivity index (χ0n) is 19.8. The number of rotatable bonds is 8. The Bertz CT molecular complexity index is 1070. The molecule has 7 nitrogen and oxygen atoms in total. The largest absolute Gasteiger partial charge is 0.480 e. The van der Waals surface area contributed by atoms with Crippen molar-refractivity contribution in [3.8, 4) is 11.1 Å². The van der Waals surface area contributed by atoms with Gasteiger partial charge in [0.1, 0.15) is 13.2 Å². The van der Waals surface area contributed by atoms with Gasteiger partial charge in [-0.05, 0) is 53.9 Å². The highest BCUT2D eigenvalue weighted by atomic mass is 16.5. The molecule has 0 radical (unpaired) electrons. The Morgan fingerprint density at radius 3 is 2.17 bits per heavy atom. The van der Waals surface area contributed by atoms with Crippen LogP contribution in [0.3, 0.4) is 0 Å². The molecule has 3 aliphatic carbocycles. The molecule has 0 aliphatic heterocycles. The third kappa shape index (κ3) is 5.19. The smallest absolute Gasteiger partial charge is 0.407 e. The molecule has 0 heterocycles. The fourth-order valence-electron chi connectivity index (χ4n) is 5.63. The van der Waals surface area contributed by atoms with Crippen molar-refractivity contribution in [2.75, 3.05) is 19.7 Å². The Kier molecular flexibility index (Phi) is 6.75. The molecule has 35 heavy (non-hydrogen) atoms. The van der Waals surface area contributed by atoms with E-state index in [0.717, 1.165) is 36.8 Å². The van der Waals surface area contributed by atoms with Crippen molar-refractivity contribution in [2.45, 2.75) is 50.5 Å². The molecular formula is C28H32N2O5. The van der Waals surface area contributed by atoms with Crippen LogP contribution in [0.4, 0.5) is 4.79 Å². The van der Waals surface area contributed by atoms with Crippen molar-refractivity contribution < 1.29 is 24.2 Å². The van der Waals surface area contributed by atoms with E-state index in [0.29, 0.717) is 25.3 Å². The number of hydrogen-bond acceptors (Lipinski definition) is 4. The molecule has 0 bridgehead atoms. The number of carbonyl (C=O) groups excluding carboxylic acids is 2. The molecule has 0 aromatic heterocycles. The molecule has 5 rings (SSSR count). The Hall–Kier alpha value is -3.35. The number of aliphatic carboxylic acids is 1. The van der Waals surface area contributed by atoms with Gasteiger partial charge in [0.2, 0.25) is 5.91 Å². The van der Waals surface area contributed by atoms with Crippen molar-refractivity contribution >= 4 is 18.0 Å². The summed E-state index contributed by atoms with van der Waals surface area (Å²) in [6, 6.07) is 16.0. The first-order chi connectivity index (χ1) is 17.0. The average molecular weight is 477 g/mol. The minimum atomic E-state index is -1.00. The Balaban J connectivity index is 1.23. The van der Waals surface area contributed by atoms with Crippen LogP contribution in [0.15, 0.2) is 48.5 Å². The van der Waals surface area contributed by atoms with Crippen LogP contribution in [-0.4, -0.2) is 53.7 Å². The van der Waals surface area contributed by atoms with E-state index in [1.807, 2.05) is 24.3 Å². The first kappa shape index (κ1) is 23.4. The monoisotopic (exact) mass is 476 g/mol. The first-order valence-corrected chi connectivity index (χ1v) is 12.6. The fourth-order valence-corrected chi connectivity index (χ4v) is 5.63. The lowest BCUT2D eigenvalue weighted by molar-refractivity contribution is -0.147. The minimum Gasteiger partial charge on any atom is -0.480 e. The van der Waals surface area contributed by atoms with Crippen LogP contribution in [0.1, 0.15) is 55.6 Å². The first-order valence-electron chi connectivity index (χ1n) is 12.6. The zero-order chi connectivity index (χ0) is 24.4. The normalized spacial score (nSPS) is 21.0. The van der Waals surface area contributed by atoms with E-state index in [-0.39, 0.29) is 31.0 Å². The summed E-state index contributed by atoms with van der Waals surface area (Å²) < 4.78 is 5.70. The summed E-state index contributed by atoms with van der Waals surface area (Å²) in [7, 11) is 0. The lowest BCUT2D eigenvalue weighted by atomic mass is 9.83. The number of alkyl carbamates (subject to hydrolysis) is 1. The number of ether oxygens (including phenoxy) is 1. The second-order valence-corrected chi connectivity index (χ2v) is 10.0. The fraction of sp³-hybridized carbons (Fsp3) is 0.464. The number of hydrogen-bond donors (Lipinski definition) is 2. The molecule has 7 heteroatoms. The molecule has 2 fully saturated rings. The molecule has 2 aromatic rings. The highest BCUT2D eigenvalue weighted by Gasteiger charge is 2.38. The highest BCUT2D eigenvalue weighted by Crippen LogP contribution is 2.44. The predicted octanol–water partition coefficient (Wildman–Crippen LogP) is 4.41. The van der Waals surface area contributed by atoms with Gasteiger partial charge >= 0.3 is 12.1 Å². The molecule has 2 atom stereocenters. The second kappa shape index (κ2) is 10.1. The molecule has 2 saturated carbocycles. The van der Waals surface area contributed by atoms with E-state index in [4.69, 9.17) is 4.74 Å². The van der Waals surface area contributed by atoms with Crippen molar-refractivity contribution in [3.63, 3.8) is 0 Å². The summed E-state index contributed by atoms with van der Waals surface area (Å²) in [5.74, 6) is -1.21. The molecule has 3 aliphatic rings. The standard InChI is InChI=1S/C28H32N2O5/c31-26(32)16-30(15-18-13-14-18)27(33)23-11-5-6-12-25(23)29-28(34)35-17-24-21-9-3-1-7-19(21)20-8-2-4-10-22(20)24/h1-4,7-10,18,23-25H,5-6,11-17H2,(H,29,34)(H,31,32)/t23-,25+/m0/s1. The summed E-state index contributed by atoms with van der Waals surface area (Å²) in [5.41, 5.74) is 4.64. The van der Waals surface area contributed by atoms with Crippen LogP contribution in [0.5, 0.6) is 0 Å². The second-order valence-electron chi connectivity index (χ2n) is 10.0. The third-order valence-electron chi connectivity index (χ3n) is 7.54. The maximum absolute atomic E-state index is 13.3. The average Bonchev–Trinajstić information content (AvgIpc) is 3.62. The van der Waals surface area contributed by atoms with Gasteiger partial charge < -0.3 is 20.1 Å². The molecule has 2 N–H and O–H groups in total. The van der Waals surface area contributed by atoms with Crippen molar-refractivity contribution in [3.05, 3.63) is 59.7 Å². The molecular weight excluding hydrogens is 444 g/mol.